The topological polar surface area (TPSA) is 107 Å². The predicted molar refractivity (Wildman–Crippen MR) is 114 cm³/mol. The van der Waals surface area contributed by atoms with Crippen molar-refractivity contribution in [2.24, 2.45) is 0 Å². The first-order chi connectivity index (χ1) is 14.6. The minimum atomic E-state index is -0.0674. The van der Waals surface area contributed by atoms with E-state index in [4.69, 9.17) is 4.98 Å². The van der Waals surface area contributed by atoms with Gasteiger partial charge in [0.1, 0.15) is 17.7 Å². The Hall–Kier alpha value is -4.12. The molecular formula is C22H19N7O. The molecule has 2 fully saturated rings. The number of para-hydroxylation sites is 1. The Bertz CT molecular complexity index is 1260. The van der Waals surface area contributed by atoms with Crippen LogP contribution >= 0.6 is 0 Å². The number of anilines is 3. The van der Waals surface area contributed by atoms with Gasteiger partial charge < -0.3 is 16.0 Å². The molecule has 3 N–H and O–H groups in total. The summed E-state index contributed by atoms with van der Waals surface area (Å²) in [5.41, 5.74) is 4.09. The highest BCUT2D eigenvalue weighted by molar-refractivity contribution is 5.89. The Morgan fingerprint density at radius 2 is 2.17 bits per heavy atom. The number of carbonyl (C=O) groups excluding carboxylic acids is 1. The second-order valence-corrected chi connectivity index (χ2v) is 7.44. The van der Waals surface area contributed by atoms with Crippen molar-refractivity contribution >= 4 is 35.0 Å². The molecule has 30 heavy (non-hydrogen) atoms. The second-order valence-electron chi connectivity index (χ2n) is 7.44. The van der Waals surface area contributed by atoms with Crippen molar-refractivity contribution in [1.82, 2.24) is 19.9 Å². The molecule has 2 aliphatic rings. The van der Waals surface area contributed by atoms with Crippen molar-refractivity contribution in [3.63, 3.8) is 0 Å². The fourth-order valence-electron chi connectivity index (χ4n) is 3.41. The van der Waals surface area contributed by atoms with Gasteiger partial charge in [-0.15, -0.1) is 0 Å². The molecule has 2 aromatic heterocycles. The molecular weight excluding hydrogens is 378 g/mol. The molecule has 0 bridgehead atoms. The largest absolute Gasteiger partial charge is 0.367 e. The highest BCUT2D eigenvalue weighted by Crippen LogP contribution is 2.30. The van der Waals surface area contributed by atoms with E-state index in [2.05, 4.69) is 33.7 Å². The highest BCUT2D eigenvalue weighted by Gasteiger charge is 2.24. The number of rotatable bonds is 5. The molecule has 3 aromatic rings. The van der Waals surface area contributed by atoms with Gasteiger partial charge in [-0.05, 0) is 36.6 Å². The van der Waals surface area contributed by atoms with Gasteiger partial charge in [-0.2, -0.15) is 14.9 Å². The van der Waals surface area contributed by atoms with Crippen LogP contribution in [0.15, 0.2) is 54.4 Å². The van der Waals surface area contributed by atoms with Crippen LogP contribution in [0, 0.1) is 11.3 Å². The molecule has 1 aromatic carbocycles. The van der Waals surface area contributed by atoms with Crippen LogP contribution in [-0.4, -0.2) is 26.5 Å². The molecule has 8 heteroatoms. The van der Waals surface area contributed by atoms with E-state index in [-0.39, 0.29) is 12.3 Å². The van der Waals surface area contributed by atoms with Crippen molar-refractivity contribution in [3.05, 3.63) is 65.5 Å². The lowest BCUT2D eigenvalue weighted by atomic mass is 10.1. The highest BCUT2D eigenvalue weighted by atomic mass is 16.1. The van der Waals surface area contributed by atoms with Gasteiger partial charge in [0.15, 0.2) is 5.65 Å². The second kappa shape index (κ2) is 7.04. The Morgan fingerprint density at radius 1 is 1.33 bits per heavy atom. The third kappa shape index (κ3) is 3.37. The Kier molecular flexibility index (Phi) is 4.21. The fourth-order valence-corrected chi connectivity index (χ4v) is 3.41. The Labute approximate surface area is 172 Å². The van der Waals surface area contributed by atoms with Gasteiger partial charge in [-0.25, -0.2) is 4.98 Å². The van der Waals surface area contributed by atoms with Gasteiger partial charge in [-0.1, -0.05) is 18.7 Å². The van der Waals surface area contributed by atoms with E-state index >= 15 is 0 Å². The number of nitriles is 1. The number of allylic oxidation sites excluding steroid dienone is 1. The van der Waals surface area contributed by atoms with Crippen molar-refractivity contribution in [2.75, 3.05) is 10.6 Å². The van der Waals surface area contributed by atoms with Gasteiger partial charge in [0, 0.05) is 23.4 Å². The molecule has 1 aliphatic carbocycles. The Balaban J connectivity index is 1.59. The minimum Gasteiger partial charge on any atom is -0.367 e. The smallest absolute Gasteiger partial charge is 0.228 e. The van der Waals surface area contributed by atoms with Crippen molar-refractivity contribution in [1.29, 1.82) is 5.26 Å². The number of amides is 1. The van der Waals surface area contributed by atoms with E-state index < -0.39 is 0 Å². The number of nitrogens with zero attached hydrogens (tertiary/aromatic N) is 4. The quantitative estimate of drug-likeness (QED) is 0.610. The first-order valence-corrected chi connectivity index (χ1v) is 9.72. The molecule has 3 heterocycles. The lowest BCUT2D eigenvalue weighted by Gasteiger charge is -2.12. The molecule has 0 unspecified atom stereocenters. The van der Waals surface area contributed by atoms with Crippen LogP contribution in [0.4, 0.5) is 17.3 Å². The zero-order valence-electron chi connectivity index (χ0n) is 16.1. The van der Waals surface area contributed by atoms with E-state index in [1.165, 1.54) is 0 Å². The van der Waals surface area contributed by atoms with E-state index in [9.17, 15) is 10.1 Å². The lowest BCUT2D eigenvalue weighted by molar-refractivity contribution is -0.118. The molecule has 0 radical (unpaired) electrons. The summed E-state index contributed by atoms with van der Waals surface area (Å²) in [5.74, 6) is 1.36. The van der Waals surface area contributed by atoms with E-state index in [1.54, 1.807) is 16.8 Å². The summed E-state index contributed by atoms with van der Waals surface area (Å²) in [6.45, 7) is 3.90. The summed E-state index contributed by atoms with van der Waals surface area (Å²) in [5, 5.41) is 23.3. The molecule has 1 saturated heterocycles. The number of hydrogen-bond acceptors (Lipinski definition) is 6. The van der Waals surface area contributed by atoms with Crippen molar-refractivity contribution in [3.8, 4) is 6.07 Å². The molecule has 0 atom stereocenters. The average Bonchev–Trinajstić information content (AvgIpc) is 3.37. The van der Waals surface area contributed by atoms with E-state index in [0.29, 0.717) is 34.5 Å². The first-order valence-electron chi connectivity index (χ1n) is 9.72. The zero-order chi connectivity index (χ0) is 20.7. The van der Waals surface area contributed by atoms with E-state index in [1.807, 2.05) is 30.3 Å². The van der Waals surface area contributed by atoms with Crippen LogP contribution in [0.2, 0.25) is 0 Å². The molecule has 8 nitrogen and oxygen atoms in total. The maximum atomic E-state index is 11.7. The third-order valence-corrected chi connectivity index (χ3v) is 5.10. The molecule has 148 valence electrons. The number of nitrogens with one attached hydrogen (secondary N) is 3. The third-order valence-electron chi connectivity index (χ3n) is 5.10. The summed E-state index contributed by atoms with van der Waals surface area (Å²) in [6, 6.07) is 11.8. The normalized spacial score (nSPS) is 17.2. The summed E-state index contributed by atoms with van der Waals surface area (Å²) in [7, 11) is 0. The Morgan fingerprint density at radius 3 is 2.90 bits per heavy atom. The SMILES string of the molecule is C=C1NC(=O)C/C1=C\c1cnn2c(NC3CC3)cc(Nc3ccccc3C#N)nc12. The standard InChI is InChI=1S/C22H19N7O/c1-13-15(9-21(30)25-13)8-16-12-24-29-20(26-17-6-7-17)10-19(28-22(16)29)27-18-5-3-2-4-14(18)11-23/h2-5,8,10,12,17,26H,1,6-7,9H2,(H,25,30)(H,27,28)/b15-8+. The first kappa shape index (κ1) is 17.9. The maximum Gasteiger partial charge on any atom is 0.228 e. The summed E-state index contributed by atoms with van der Waals surface area (Å²) < 4.78 is 1.76. The van der Waals surface area contributed by atoms with Crippen LogP contribution < -0.4 is 16.0 Å². The number of benzene rings is 1. The summed E-state index contributed by atoms with van der Waals surface area (Å²) in [6.07, 6.45) is 6.15. The maximum absolute atomic E-state index is 11.7. The molecule has 5 rings (SSSR count). The summed E-state index contributed by atoms with van der Waals surface area (Å²) in [4.78, 5) is 16.4. The van der Waals surface area contributed by atoms with Crippen LogP contribution in [0.3, 0.4) is 0 Å². The van der Waals surface area contributed by atoms with Crippen LogP contribution in [0.25, 0.3) is 11.7 Å². The fraction of sp³-hybridized carbons (Fsp3) is 0.182. The molecule has 1 amide bonds. The van der Waals surface area contributed by atoms with Gasteiger partial charge in [0.25, 0.3) is 0 Å². The van der Waals surface area contributed by atoms with Crippen LogP contribution in [0.1, 0.15) is 30.4 Å². The van der Waals surface area contributed by atoms with Crippen LogP contribution in [-0.2, 0) is 4.79 Å². The van der Waals surface area contributed by atoms with Crippen molar-refractivity contribution in [2.45, 2.75) is 25.3 Å². The van der Waals surface area contributed by atoms with E-state index in [0.717, 1.165) is 29.8 Å². The van der Waals surface area contributed by atoms with Crippen LogP contribution in [0.5, 0.6) is 0 Å². The zero-order valence-corrected chi connectivity index (χ0v) is 16.1. The van der Waals surface area contributed by atoms with Crippen molar-refractivity contribution < 1.29 is 4.79 Å². The molecule has 1 saturated carbocycles. The monoisotopic (exact) mass is 397 g/mol. The van der Waals surface area contributed by atoms with Gasteiger partial charge in [0.05, 0.1) is 23.9 Å². The molecule has 0 spiro atoms. The van der Waals surface area contributed by atoms with Gasteiger partial charge in [0.2, 0.25) is 5.91 Å². The molecule has 1 aliphatic heterocycles. The summed E-state index contributed by atoms with van der Waals surface area (Å²) >= 11 is 0. The number of aromatic nitrogens is 3. The van der Waals surface area contributed by atoms with Gasteiger partial charge >= 0.3 is 0 Å². The lowest BCUT2D eigenvalue weighted by Crippen LogP contribution is -2.10. The predicted octanol–water partition coefficient (Wildman–Crippen LogP) is 3.34. The number of hydrogen-bond donors (Lipinski definition) is 3. The minimum absolute atomic E-state index is 0.0674. The number of carbonyl (C=O) groups is 1. The van der Waals surface area contributed by atoms with Gasteiger partial charge in [-0.3, -0.25) is 4.79 Å². The average molecular weight is 397 g/mol. The number of fused-ring (bicyclic) bond motifs is 1.